The molecular weight excluding hydrogens is 388 g/mol. The summed E-state index contributed by atoms with van der Waals surface area (Å²) in [5.74, 6) is -0.0255. The fraction of sp³-hybridized carbons (Fsp3) is 0.154. The fourth-order valence-corrected chi connectivity index (χ4v) is 3.43. The van der Waals surface area contributed by atoms with Gasteiger partial charge in [-0.2, -0.15) is 0 Å². The van der Waals surface area contributed by atoms with Crippen LogP contribution < -0.4 is 5.32 Å². The van der Waals surface area contributed by atoms with Crippen LogP contribution in [0, 0.1) is 0 Å². The number of hydrogen-bond donors (Lipinski definition) is 2. The second-order valence-corrected chi connectivity index (χ2v) is 8.36. The molecule has 0 aliphatic heterocycles. The highest BCUT2D eigenvalue weighted by atomic mass is 16.6. The van der Waals surface area contributed by atoms with Crippen LogP contribution in [0.5, 0.6) is 0 Å². The van der Waals surface area contributed by atoms with E-state index in [-0.39, 0.29) is 5.78 Å². The number of fused-ring (bicyclic) bond motifs is 1. The monoisotopic (exact) mass is 412 g/mol. The molecule has 0 aliphatic rings. The third kappa shape index (κ3) is 4.67. The summed E-state index contributed by atoms with van der Waals surface area (Å²) in [6.45, 7) is 5.45. The third-order valence-electron chi connectivity index (χ3n) is 4.82. The molecule has 3 aromatic carbocycles. The van der Waals surface area contributed by atoms with Crippen molar-refractivity contribution in [3.8, 4) is 11.3 Å². The van der Waals surface area contributed by atoms with Gasteiger partial charge in [0.05, 0.1) is 0 Å². The Kier molecular flexibility index (Phi) is 5.34. The van der Waals surface area contributed by atoms with Crippen molar-refractivity contribution in [1.82, 2.24) is 4.98 Å². The maximum Gasteiger partial charge on any atom is 0.412 e. The van der Waals surface area contributed by atoms with E-state index in [4.69, 9.17) is 4.74 Å². The quantitative estimate of drug-likeness (QED) is 0.380. The Hall–Kier alpha value is -3.86. The summed E-state index contributed by atoms with van der Waals surface area (Å²) in [5, 5.41) is 4.69. The van der Waals surface area contributed by atoms with Gasteiger partial charge in [-0.05, 0) is 55.3 Å². The summed E-state index contributed by atoms with van der Waals surface area (Å²) in [7, 11) is 0. The van der Waals surface area contributed by atoms with Crippen LogP contribution in [0.3, 0.4) is 0 Å². The van der Waals surface area contributed by atoms with Gasteiger partial charge < -0.3 is 9.72 Å². The van der Waals surface area contributed by atoms with Crippen LogP contribution in [0.4, 0.5) is 10.5 Å². The molecule has 156 valence electrons. The molecule has 5 heteroatoms. The van der Waals surface area contributed by atoms with Gasteiger partial charge in [-0.1, -0.05) is 54.6 Å². The van der Waals surface area contributed by atoms with E-state index < -0.39 is 11.7 Å². The van der Waals surface area contributed by atoms with Crippen molar-refractivity contribution < 1.29 is 14.3 Å². The van der Waals surface area contributed by atoms with E-state index in [0.717, 1.165) is 22.0 Å². The van der Waals surface area contributed by atoms with Gasteiger partial charge in [-0.15, -0.1) is 0 Å². The van der Waals surface area contributed by atoms with E-state index in [1.54, 1.807) is 18.3 Å². The Morgan fingerprint density at radius 3 is 2.35 bits per heavy atom. The molecule has 5 nitrogen and oxygen atoms in total. The number of ketones is 1. The zero-order chi connectivity index (χ0) is 22.0. The maximum atomic E-state index is 13.1. The van der Waals surface area contributed by atoms with E-state index in [1.807, 2.05) is 81.4 Å². The van der Waals surface area contributed by atoms with E-state index in [2.05, 4.69) is 10.3 Å². The molecule has 4 rings (SSSR count). The minimum Gasteiger partial charge on any atom is -0.444 e. The van der Waals surface area contributed by atoms with Crippen molar-refractivity contribution >= 4 is 28.3 Å². The average Bonchev–Trinajstić information content (AvgIpc) is 3.22. The van der Waals surface area contributed by atoms with Crippen molar-refractivity contribution in [3.63, 3.8) is 0 Å². The fourth-order valence-electron chi connectivity index (χ4n) is 3.43. The van der Waals surface area contributed by atoms with E-state index in [1.165, 1.54) is 0 Å². The van der Waals surface area contributed by atoms with E-state index >= 15 is 0 Å². The van der Waals surface area contributed by atoms with Gasteiger partial charge in [-0.25, -0.2) is 4.79 Å². The molecule has 4 aromatic rings. The normalized spacial score (nSPS) is 11.3. The number of anilines is 1. The first-order chi connectivity index (χ1) is 14.8. The van der Waals surface area contributed by atoms with Crippen molar-refractivity contribution in [2.45, 2.75) is 26.4 Å². The number of benzene rings is 3. The van der Waals surface area contributed by atoms with Crippen molar-refractivity contribution in [2.24, 2.45) is 0 Å². The number of carbonyl (C=O) groups is 2. The lowest BCUT2D eigenvalue weighted by molar-refractivity contribution is 0.0635. The Morgan fingerprint density at radius 2 is 1.61 bits per heavy atom. The first-order valence-corrected chi connectivity index (χ1v) is 10.1. The summed E-state index contributed by atoms with van der Waals surface area (Å²) in [6, 6.07) is 22.8. The molecular formula is C26H24N2O3. The summed E-state index contributed by atoms with van der Waals surface area (Å²) >= 11 is 0. The standard InChI is InChI=1S/C26H24N2O3/c1-26(2,3)31-25(30)28-20-13-11-18(12-14-20)23-15-19(16-27-23)24(29)22-10-6-8-17-7-4-5-9-21(17)22/h4-16,27H,1-3H3,(H,28,30). The van der Waals surface area contributed by atoms with Crippen LogP contribution in [0.25, 0.3) is 22.0 Å². The van der Waals surface area contributed by atoms with Gasteiger partial charge in [-0.3, -0.25) is 10.1 Å². The highest BCUT2D eigenvalue weighted by Gasteiger charge is 2.17. The summed E-state index contributed by atoms with van der Waals surface area (Å²) in [5.41, 5.74) is 3.10. The maximum absolute atomic E-state index is 13.1. The topological polar surface area (TPSA) is 71.2 Å². The van der Waals surface area contributed by atoms with Crippen molar-refractivity contribution in [3.05, 3.63) is 90.1 Å². The average molecular weight is 412 g/mol. The van der Waals surface area contributed by atoms with Crippen LogP contribution in [0.2, 0.25) is 0 Å². The molecule has 2 N–H and O–H groups in total. The predicted octanol–water partition coefficient (Wildman–Crippen LogP) is 6.41. The Morgan fingerprint density at radius 1 is 0.903 bits per heavy atom. The summed E-state index contributed by atoms with van der Waals surface area (Å²) in [6.07, 6.45) is 1.23. The number of rotatable bonds is 4. The second-order valence-electron chi connectivity index (χ2n) is 8.36. The van der Waals surface area contributed by atoms with Crippen LogP contribution in [0.15, 0.2) is 79.0 Å². The Balaban J connectivity index is 1.52. The molecule has 0 fully saturated rings. The van der Waals surface area contributed by atoms with Crippen molar-refractivity contribution in [1.29, 1.82) is 0 Å². The number of aromatic amines is 1. The van der Waals surface area contributed by atoms with Crippen LogP contribution in [0.1, 0.15) is 36.7 Å². The summed E-state index contributed by atoms with van der Waals surface area (Å²) in [4.78, 5) is 28.2. The number of ether oxygens (including phenoxy) is 1. The first kappa shape index (κ1) is 20.4. The smallest absolute Gasteiger partial charge is 0.412 e. The van der Waals surface area contributed by atoms with Crippen LogP contribution in [-0.2, 0) is 4.74 Å². The van der Waals surface area contributed by atoms with Crippen molar-refractivity contribution in [2.75, 3.05) is 5.32 Å². The van der Waals surface area contributed by atoms with Gasteiger partial charge in [0.1, 0.15) is 5.60 Å². The lowest BCUT2D eigenvalue weighted by atomic mass is 9.98. The number of nitrogens with one attached hydrogen (secondary N) is 2. The zero-order valence-corrected chi connectivity index (χ0v) is 17.7. The number of aromatic nitrogens is 1. The van der Waals surface area contributed by atoms with Gasteiger partial charge in [0.25, 0.3) is 0 Å². The molecule has 0 saturated heterocycles. The number of H-pyrrole nitrogens is 1. The molecule has 1 amide bonds. The predicted molar refractivity (Wildman–Crippen MR) is 123 cm³/mol. The largest absolute Gasteiger partial charge is 0.444 e. The van der Waals surface area contributed by atoms with Crippen LogP contribution in [-0.4, -0.2) is 22.5 Å². The highest BCUT2D eigenvalue weighted by molar-refractivity contribution is 6.16. The molecule has 31 heavy (non-hydrogen) atoms. The number of carbonyl (C=O) groups excluding carboxylic acids is 2. The third-order valence-corrected chi connectivity index (χ3v) is 4.82. The minimum absolute atomic E-state index is 0.0255. The Labute approximate surface area is 181 Å². The Bertz CT molecular complexity index is 1240. The molecule has 0 atom stereocenters. The molecule has 0 unspecified atom stereocenters. The number of amides is 1. The van der Waals surface area contributed by atoms with Gasteiger partial charge in [0, 0.05) is 28.7 Å². The molecule has 0 saturated carbocycles. The van der Waals surface area contributed by atoms with Gasteiger partial charge in [0.2, 0.25) is 0 Å². The SMILES string of the molecule is CC(C)(C)OC(=O)Nc1ccc(-c2cc(C(=O)c3cccc4ccccc34)c[nH]2)cc1. The molecule has 0 bridgehead atoms. The second kappa shape index (κ2) is 8.11. The van der Waals surface area contributed by atoms with Gasteiger partial charge >= 0.3 is 6.09 Å². The zero-order valence-electron chi connectivity index (χ0n) is 17.7. The number of hydrogen-bond acceptors (Lipinski definition) is 3. The lowest BCUT2D eigenvalue weighted by Crippen LogP contribution is -2.27. The highest BCUT2D eigenvalue weighted by Crippen LogP contribution is 2.25. The molecule has 0 spiro atoms. The first-order valence-electron chi connectivity index (χ1n) is 10.1. The molecule has 0 radical (unpaired) electrons. The molecule has 1 heterocycles. The minimum atomic E-state index is -0.554. The molecule has 1 aromatic heterocycles. The van der Waals surface area contributed by atoms with E-state index in [9.17, 15) is 9.59 Å². The van der Waals surface area contributed by atoms with Crippen LogP contribution >= 0.6 is 0 Å². The summed E-state index contributed by atoms with van der Waals surface area (Å²) < 4.78 is 5.27. The van der Waals surface area contributed by atoms with Gasteiger partial charge in [0.15, 0.2) is 5.78 Å². The molecule has 0 aliphatic carbocycles. The lowest BCUT2D eigenvalue weighted by Gasteiger charge is -2.19. The van der Waals surface area contributed by atoms with E-state index in [0.29, 0.717) is 16.8 Å².